The van der Waals surface area contributed by atoms with Gasteiger partial charge in [-0.05, 0) is 32.0 Å². The van der Waals surface area contributed by atoms with Crippen LogP contribution in [0.2, 0.25) is 0 Å². The summed E-state index contributed by atoms with van der Waals surface area (Å²) in [7, 11) is 0. The molecule has 17 heavy (non-hydrogen) atoms. The van der Waals surface area contributed by atoms with Crippen LogP contribution < -0.4 is 0 Å². The molecule has 1 N–H and O–H groups in total. The second-order valence-corrected chi connectivity index (χ2v) is 6.28. The van der Waals surface area contributed by atoms with Crippen molar-refractivity contribution >= 4 is 29.1 Å². The van der Waals surface area contributed by atoms with Crippen LogP contribution >= 0.6 is 23.1 Å². The van der Waals surface area contributed by atoms with Crippen LogP contribution in [0.3, 0.4) is 0 Å². The van der Waals surface area contributed by atoms with Crippen molar-refractivity contribution in [2.45, 2.75) is 24.2 Å². The van der Waals surface area contributed by atoms with E-state index in [0.717, 1.165) is 17.2 Å². The molecule has 5 heteroatoms. The number of hydrogen-bond acceptors (Lipinski definition) is 4. The summed E-state index contributed by atoms with van der Waals surface area (Å²) >= 11 is 3.07. The maximum atomic E-state index is 10.7. The van der Waals surface area contributed by atoms with E-state index in [1.54, 1.807) is 17.8 Å². The maximum absolute atomic E-state index is 10.7. The van der Waals surface area contributed by atoms with Crippen LogP contribution in [0.1, 0.15) is 28.9 Å². The first kappa shape index (κ1) is 12.9. The second kappa shape index (κ2) is 6.42. The number of likely N-dealkylation sites (tertiary alicyclic amines) is 1. The zero-order valence-electron chi connectivity index (χ0n) is 9.72. The third-order valence-corrected chi connectivity index (χ3v) is 4.93. The third kappa shape index (κ3) is 4.01. The van der Waals surface area contributed by atoms with Crippen LogP contribution in [0.4, 0.5) is 0 Å². The van der Waals surface area contributed by atoms with Crippen LogP contribution in [-0.2, 0) is 0 Å². The molecule has 2 rings (SSSR count). The van der Waals surface area contributed by atoms with Crippen molar-refractivity contribution in [1.82, 2.24) is 4.90 Å². The van der Waals surface area contributed by atoms with Crippen molar-refractivity contribution in [3.8, 4) is 0 Å². The zero-order valence-corrected chi connectivity index (χ0v) is 11.4. The molecule has 1 aromatic heterocycles. The Bertz CT molecular complexity index is 372. The van der Waals surface area contributed by atoms with E-state index in [9.17, 15) is 4.79 Å². The van der Waals surface area contributed by atoms with E-state index in [-0.39, 0.29) is 0 Å². The lowest BCUT2D eigenvalue weighted by molar-refractivity contribution is 0.0702. The molecule has 1 fully saturated rings. The fraction of sp³-hybridized carbons (Fsp3) is 0.583. The van der Waals surface area contributed by atoms with Gasteiger partial charge in [0.25, 0.3) is 0 Å². The number of carboxylic acids is 1. The predicted octanol–water partition coefficient (Wildman–Crippen LogP) is 3.02. The Hall–Kier alpha value is -0.520. The lowest BCUT2D eigenvalue weighted by Gasteiger charge is -2.25. The van der Waals surface area contributed by atoms with Crippen molar-refractivity contribution < 1.29 is 9.90 Å². The number of piperidine rings is 1. The maximum Gasteiger partial charge on any atom is 0.345 e. The van der Waals surface area contributed by atoms with E-state index in [1.807, 2.05) is 5.38 Å². The molecule has 0 radical (unpaired) electrons. The Kier molecular flexibility index (Phi) is 4.88. The molecule has 0 spiro atoms. The Morgan fingerprint density at radius 2 is 2.18 bits per heavy atom. The molecule has 0 bridgehead atoms. The summed E-state index contributed by atoms with van der Waals surface area (Å²) in [6.45, 7) is 3.57. The number of hydrogen-bond donors (Lipinski definition) is 1. The third-order valence-electron chi connectivity index (χ3n) is 2.91. The molecule has 0 amide bonds. The fourth-order valence-electron chi connectivity index (χ4n) is 1.98. The lowest BCUT2D eigenvalue weighted by Crippen LogP contribution is -2.31. The summed E-state index contributed by atoms with van der Waals surface area (Å²) in [5, 5.41) is 10.8. The van der Waals surface area contributed by atoms with Gasteiger partial charge in [-0.15, -0.1) is 23.1 Å². The monoisotopic (exact) mass is 271 g/mol. The Morgan fingerprint density at radius 1 is 1.41 bits per heavy atom. The first-order valence-electron chi connectivity index (χ1n) is 5.93. The minimum atomic E-state index is -0.821. The van der Waals surface area contributed by atoms with Crippen molar-refractivity contribution in [3.05, 3.63) is 16.3 Å². The minimum absolute atomic E-state index is 0.436. The van der Waals surface area contributed by atoms with Gasteiger partial charge in [-0.1, -0.05) is 6.42 Å². The van der Waals surface area contributed by atoms with E-state index >= 15 is 0 Å². The van der Waals surface area contributed by atoms with Crippen LogP contribution in [0.5, 0.6) is 0 Å². The summed E-state index contributed by atoms with van der Waals surface area (Å²) in [4.78, 5) is 14.8. The van der Waals surface area contributed by atoms with Gasteiger partial charge in [0.15, 0.2) is 0 Å². The summed E-state index contributed by atoms with van der Waals surface area (Å²) in [5.41, 5.74) is 0. The molecule has 1 aliphatic rings. The predicted molar refractivity (Wildman–Crippen MR) is 72.3 cm³/mol. The number of thioether (sulfide) groups is 1. The van der Waals surface area contributed by atoms with Crippen molar-refractivity contribution in [3.63, 3.8) is 0 Å². The van der Waals surface area contributed by atoms with Gasteiger partial charge in [-0.3, -0.25) is 0 Å². The highest BCUT2D eigenvalue weighted by atomic mass is 32.2. The van der Waals surface area contributed by atoms with E-state index < -0.39 is 5.97 Å². The topological polar surface area (TPSA) is 40.5 Å². The van der Waals surface area contributed by atoms with Crippen LogP contribution in [-0.4, -0.2) is 41.4 Å². The van der Waals surface area contributed by atoms with Gasteiger partial charge in [0, 0.05) is 22.6 Å². The van der Waals surface area contributed by atoms with Crippen molar-refractivity contribution in [1.29, 1.82) is 0 Å². The molecule has 94 valence electrons. The number of nitrogens with zero attached hydrogens (tertiary/aromatic N) is 1. The smallest absolute Gasteiger partial charge is 0.345 e. The van der Waals surface area contributed by atoms with Crippen LogP contribution in [0.15, 0.2) is 16.3 Å². The molecule has 1 saturated heterocycles. The number of rotatable bonds is 5. The highest BCUT2D eigenvalue weighted by Gasteiger charge is 2.10. The first-order valence-corrected chi connectivity index (χ1v) is 7.79. The summed E-state index contributed by atoms with van der Waals surface area (Å²) in [6.07, 6.45) is 4.02. The minimum Gasteiger partial charge on any atom is -0.477 e. The quantitative estimate of drug-likeness (QED) is 0.836. The highest BCUT2D eigenvalue weighted by molar-refractivity contribution is 7.99. The molecule has 0 aromatic carbocycles. The average Bonchev–Trinajstić information content (AvgIpc) is 2.79. The van der Waals surface area contributed by atoms with Gasteiger partial charge in [-0.25, -0.2) is 4.79 Å². The molecule has 0 aliphatic carbocycles. The molecule has 0 saturated carbocycles. The van der Waals surface area contributed by atoms with E-state index in [4.69, 9.17) is 5.11 Å². The highest BCUT2D eigenvalue weighted by Crippen LogP contribution is 2.25. The summed E-state index contributed by atoms with van der Waals surface area (Å²) in [6, 6.07) is 1.77. The van der Waals surface area contributed by atoms with Gasteiger partial charge in [-0.2, -0.15) is 0 Å². The zero-order chi connectivity index (χ0) is 12.1. The largest absolute Gasteiger partial charge is 0.477 e. The van der Waals surface area contributed by atoms with Gasteiger partial charge in [0.05, 0.1) is 0 Å². The average molecular weight is 271 g/mol. The molecule has 2 heterocycles. The normalized spacial score (nSPS) is 17.2. The molecular formula is C12H17NO2S2. The van der Waals surface area contributed by atoms with Crippen molar-refractivity contribution in [2.24, 2.45) is 0 Å². The van der Waals surface area contributed by atoms with E-state index in [2.05, 4.69) is 4.90 Å². The second-order valence-electron chi connectivity index (χ2n) is 4.20. The van der Waals surface area contributed by atoms with Crippen LogP contribution in [0, 0.1) is 0 Å². The fourth-order valence-corrected chi connectivity index (χ4v) is 3.87. The lowest BCUT2D eigenvalue weighted by atomic mass is 10.1. The van der Waals surface area contributed by atoms with E-state index in [0.29, 0.717) is 4.88 Å². The van der Waals surface area contributed by atoms with Gasteiger partial charge in [0.2, 0.25) is 0 Å². The molecule has 1 aliphatic heterocycles. The summed E-state index contributed by atoms with van der Waals surface area (Å²) in [5.74, 6) is 0.230. The van der Waals surface area contributed by atoms with Crippen molar-refractivity contribution in [2.75, 3.05) is 25.4 Å². The Morgan fingerprint density at radius 3 is 2.82 bits per heavy atom. The molecule has 1 aromatic rings. The summed E-state index contributed by atoms with van der Waals surface area (Å²) < 4.78 is 0. The number of thiophene rings is 1. The standard InChI is InChI=1S/C12H17NO2S2/c14-12(15)11-8-10(9-17-11)16-7-6-13-4-2-1-3-5-13/h8-9H,1-7H2,(H,14,15). The van der Waals surface area contributed by atoms with Gasteiger partial charge in [0.1, 0.15) is 4.88 Å². The number of aromatic carboxylic acids is 1. The molecule has 0 unspecified atom stereocenters. The molecule has 3 nitrogen and oxygen atoms in total. The SMILES string of the molecule is O=C(O)c1cc(SCCN2CCCCC2)cs1. The van der Waals surface area contributed by atoms with Gasteiger partial charge >= 0.3 is 5.97 Å². The van der Waals surface area contributed by atoms with Gasteiger partial charge < -0.3 is 10.0 Å². The Balaban J connectivity index is 1.71. The first-order chi connectivity index (χ1) is 8.25. The van der Waals surface area contributed by atoms with E-state index in [1.165, 1.54) is 43.7 Å². The number of carboxylic acid groups (broad SMARTS) is 1. The molecule has 0 atom stereocenters. The molecular weight excluding hydrogens is 254 g/mol. The van der Waals surface area contributed by atoms with Crippen LogP contribution in [0.25, 0.3) is 0 Å². The number of carbonyl (C=O) groups is 1. The Labute approximate surface area is 110 Å².